The summed E-state index contributed by atoms with van der Waals surface area (Å²) in [6, 6.07) is 4.90. The van der Waals surface area contributed by atoms with Crippen LogP contribution in [0.5, 0.6) is 5.75 Å². The molecule has 2 rings (SSSR count). The molecule has 1 aliphatic rings. The number of carbonyl (C=O) groups is 3. The molecule has 1 aliphatic carbocycles. The van der Waals surface area contributed by atoms with Gasteiger partial charge in [0.25, 0.3) is 0 Å². The van der Waals surface area contributed by atoms with E-state index < -0.39 is 23.6 Å². The van der Waals surface area contributed by atoms with Crippen molar-refractivity contribution < 1.29 is 28.2 Å². The zero-order chi connectivity index (χ0) is 23.6. The van der Waals surface area contributed by atoms with Crippen molar-refractivity contribution in [3.05, 3.63) is 30.1 Å². The third-order valence-electron chi connectivity index (χ3n) is 5.20. The van der Waals surface area contributed by atoms with Crippen molar-refractivity contribution >= 4 is 17.8 Å². The van der Waals surface area contributed by atoms with E-state index in [0.29, 0.717) is 25.8 Å². The van der Waals surface area contributed by atoms with Crippen LogP contribution in [0.3, 0.4) is 0 Å². The number of rotatable bonds is 11. The van der Waals surface area contributed by atoms with Crippen molar-refractivity contribution in [2.45, 2.75) is 77.4 Å². The quantitative estimate of drug-likeness (QED) is 0.494. The maximum absolute atomic E-state index is 13.3. The molecule has 0 heterocycles. The second-order valence-corrected chi connectivity index (χ2v) is 9.18. The van der Waals surface area contributed by atoms with Crippen LogP contribution < -0.4 is 15.4 Å². The number of hydrogen-bond donors (Lipinski definition) is 2. The molecule has 178 valence electrons. The predicted octanol–water partition coefficient (Wildman–Crippen LogP) is 4.14. The summed E-state index contributed by atoms with van der Waals surface area (Å²) in [6.07, 6.45) is 4.93. The van der Waals surface area contributed by atoms with Crippen molar-refractivity contribution in [3.63, 3.8) is 0 Å². The Morgan fingerprint density at radius 1 is 1.16 bits per heavy atom. The van der Waals surface area contributed by atoms with Crippen LogP contribution in [0.2, 0.25) is 0 Å². The molecule has 1 saturated carbocycles. The first kappa shape index (κ1) is 25.6. The molecule has 32 heavy (non-hydrogen) atoms. The summed E-state index contributed by atoms with van der Waals surface area (Å²) in [5.74, 6) is -0.596. The molecule has 0 bridgehead atoms. The number of ketones is 1. The highest BCUT2D eigenvalue weighted by Crippen LogP contribution is 2.25. The van der Waals surface area contributed by atoms with E-state index in [4.69, 9.17) is 9.47 Å². The Labute approximate surface area is 189 Å². The van der Waals surface area contributed by atoms with Gasteiger partial charge in [0.1, 0.15) is 23.8 Å². The fourth-order valence-electron chi connectivity index (χ4n) is 3.58. The van der Waals surface area contributed by atoms with Crippen molar-refractivity contribution in [3.8, 4) is 5.75 Å². The van der Waals surface area contributed by atoms with Crippen molar-refractivity contribution in [2.24, 2.45) is 5.92 Å². The van der Waals surface area contributed by atoms with Crippen LogP contribution in [-0.4, -0.2) is 42.6 Å². The average molecular weight is 451 g/mol. The molecule has 0 saturated heterocycles. The minimum absolute atomic E-state index is 0.0525. The highest BCUT2D eigenvalue weighted by atomic mass is 19.1. The summed E-state index contributed by atoms with van der Waals surface area (Å²) in [6.45, 7) is 5.53. The number of Topliss-reactive ketones (excluding diaryl/α,β-unsaturated/α-hetero) is 1. The number of unbranched alkanes of at least 4 members (excludes halogenated alkanes) is 1. The smallest absolute Gasteiger partial charge is 0.407 e. The van der Waals surface area contributed by atoms with E-state index >= 15 is 0 Å². The van der Waals surface area contributed by atoms with E-state index in [1.165, 1.54) is 18.2 Å². The summed E-state index contributed by atoms with van der Waals surface area (Å²) in [4.78, 5) is 37.0. The van der Waals surface area contributed by atoms with E-state index in [9.17, 15) is 18.8 Å². The van der Waals surface area contributed by atoms with Gasteiger partial charge in [-0.2, -0.15) is 0 Å². The standard InChI is InChI=1S/C24H35FN2O5/c1-24(2,3)32-23(30)26-14-7-6-13-20(27-22(29)17-9-4-5-10-17)21(28)16-31-19-12-8-11-18(25)15-19/h8,11-12,15,17,20H,4-7,9-10,13-14,16H2,1-3H3,(H,26,30)(H,27,29)/t20-/m0/s1. The second kappa shape index (κ2) is 12.4. The number of alkyl carbamates (subject to hydrolysis) is 1. The fourth-order valence-corrected chi connectivity index (χ4v) is 3.58. The summed E-state index contributed by atoms with van der Waals surface area (Å²) in [7, 11) is 0. The first-order chi connectivity index (χ1) is 15.1. The molecule has 8 heteroatoms. The van der Waals surface area contributed by atoms with Crippen LogP contribution in [0.25, 0.3) is 0 Å². The fraction of sp³-hybridized carbons (Fsp3) is 0.625. The molecular formula is C24H35FN2O5. The van der Waals surface area contributed by atoms with E-state index in [-0.39, 0.29) is 30.0 Å². The van der Waals surface area contributed by atoms with E-state index in [2.05, 4.69) is 10.6 Å². The highest BCUT2D eigenvalue weighted by molar-refractivity contribution is 5.90. The van der Waals surface area contributed by atoms with Gasteiger partial charge in [-0.3, -0.25) is 9.59 Å². The number of hydrogen-bond acceptors (Lipinski definition) is 5. The zero-order valence-electron chi connectivity index (χ0n) is 19.2. The van der Waals surface area contributed by atoms with Crippen LogP contribution >= 0.6 is 0 Å². The van der Waals surface area contributed by atoms with Gasteiger partial charge in [0.2, 0.25) is 5.91 Å². The molecule has 1 aromatic rings. The minimum atomic E-state index is -0.682. The van der Waals surface area contributed by atoms with Gasteiger partial charge in [-0.05, 0) is 65.0 Å². The Balaban J connectivity index is 1.83. The molecule has 1 fully saturated rings. The molecule has 0 unspecified atom stereocenters. The second-order valence-electron chi connectivity index (χ2n) is 9.18. The Morgan fingerprint density at radius 3 is 2.53 bits per heavy atom. The lowest BCUT2D eigenvalue weighted by Gasteiger charge is -2.21. The van der Waals surface area contributed by atoms with Crippen LogP contribution in [0, 0.1) is 11.7 Å². The number of amides is 2. The summed E-state index contributed by atoms with van der Waals surface area (Å²) in [5, 5.41) is 5.57. The van der Waals surface area contributed by atoms with Gasteiger partial charge in [0.05, 0.1) is 6.04 Å². The molecule has 1 atom stereocenters. The lowest BCUT2D eigenvalue weighted by Crippen LogP contribution is -2.45. The number of ether oxygens (including phenoxy) is 2. The topological polar surface area (TPSA) is 93.7 Å². The minimum Gasteiger partial charge on any atom is -0.486 e. The van der Waals surface area contributed by atoms with Crippen molar-refractivity contribution in [2.75, 3.05) is 13.2 Å². The number of carbonyl (C=O) groups excluding carboxylic acids is 3. The van der Waals surface area contributed by atoms with Crippen LogP contribution in [-0.2, 0) is 14.3 Å². The molecule has 2 N–H and O–H groups in total. The number of benzene rings is 1. The van der Waals surface area contributed by atoms with Crippen LogP contribution in [0.15, 0.2) is 24.3 Å². The maximum Gasteiger partial charge on any atom is 0.407 e. The van der Waals surface area contributed by atoms with Gasteiger partial charge >= 0.3 is 6.09 Å². The predicted molar refractivity (Wildman–Crippen MR) is 119 cm³/mol. The largest absolute Gasteiger partial charge is 0.486 e. The third kappa shape index (κ3) is 9.66. The molecule has 0 aliphatic heterocycles. The Morgan fingerprint density at radius 2 is 1.88 bits per heavy atom. The third-order valence-corrected chi connectivity index (χ3v) is 5.20. The van der Waals surface area contributed by atoms with Gasteiger partial charge in [0, 0.05) is 18.5 Å². The molecule has 2 amide bonds. The molecule has 7 nitrogen and oxygen atoms in total. The lowest BCUT2D eigenvalue weighted by atomic mass is 10.0. The summed E-state index contributed by atoms with van der Waals surface area (Å²) < 4.78 is 23.9. The van der Waals surface area contributed by atoms with Gasteiger partial charge < -0.3 is 20.1 Å². The van der Waals surface area contributed by atoms with Crippen LogP contribution in [0.1, 0.15) is 65.7 Å². The molecule has 0 aromatic heterocycles. The SMILES string of the molecule is CC(C)(C)OC(=O)NCCCC[C@H](NC(=O)C1CCCC1)C(=O)COc1cccc(F)c1. The summed E-state index contributed by atoms with van der Waals surface area (Å²) >= 11 is 0. The summed E-state index contributed by atoms with van der Waals surface area (Å²) in [5.41, 5.74) is -0.562. The van der Waals surface area contributed by atoms with Gasteiger partial charge in [0.15, 0.2) is 5.78 Å². The molecule has 0 spiro atoms. The van der Waals surface area contributed by atoms with Crippen molar-refractivity contribution in [1.82, 2.24) is 10.6 Å². The van der Waals surface area contributed by atoms with Crippen LogP contribution in [0.4, 0.5) is 9.18 Å². The molecule has 0 radical (unpaired) electrons. The Bertz CT molecular complexity index is 772. The average Bonchev–Trinajstić information content (AvgIpc) is 3.24. The monoisotopic (exact) mass is 450 g/mol. The lowest BCUT2D eigenvalue weighted by molar-refractivity contribution is -0.131. The Kier molecular flexibility index (Phi) is 9.94. The zero-order valence-corrected chi connectivity index (χ0v) is 19.2. The van der Waals surface area contributed by atoms with E-state index in [0.717, 1.165) is 25.7 Å². The van der Waals surface area contributed by atoms with E-state index in [1.54, 1.807) is 26.8 Å². The number of nitrogens with one attached hydrogen (secondary N) is 2. The first-order valence-electron chi connectivity index (χ1n) is 11.3. The first-order valence-corrected chi connectivity index (χ1v) is 11.3. The Hall–Kier alpha value is -2.64. The van der Waals surface area contributed by atoms with Gasteiger partial charge in [-0.1, -0.05) is 18.9 Å². The maximum atomic E-state index is 13.3. The van der Waals surface area contributed by atoms with Gasteiger partial charge in [-0.15, -0.1) is 0 Å². The van der Waals surface area contributed by atoms with E-state index in [1.807, 2.05) is 0 Å². The highest BCUT2D eigenvalue weighted by Gasteiger charge is 2.27. The normalized spacial score (nSPS) is 15.1. The molecule has 1 aromatic carbocycles. The van der Waals surface area contributed by atoms with Crippen molar-refractivity contribution in [1.29, 1.82) is 0 Å². The van der Waals surface area contributed by atoms with Gasteiger partial charge in [-0.25, -0.2) is 9.18 Å². The molecular weight excluding hydrogens is 415 g/mol. The number of halogens is 1.